The van der Waals surface area contributed by atoms with Gasteiger partial charge in [0.15, 0.2) is 0 Å². The van der Waals surface area contributed by atoms with Crippen LogP contribution in [0.2, 0.25) is 0 Å². The van der Waals surface area contributed by atoms with E-state index in [0.717, 1.165) is 22.7 Å². The summed E-state index contributed by atoms with van der Waals surface area (Å²) in [5, 5.41) is 12.6. The first-order chi connectivity index (χ1) is 30.8. The number of benzene rings is 11. The molecule has 0 saturated carbocycles. The highest BCUT2D eigenvalue weighted by Gasteiger charge is 2.24. The minimum atomic E-state index is 1.12. The Morgan fingerprint density at radius 2 is 0.677 bits per heavy atom. The lowest BCUT2D eigenvalue weighted by atomic mass is 9.91. The number of nitrogens with zero attached hydrogens (tertiary/aromatic N) is 2. The fraction of sp³-hybridized carbons (Fsp3) is 0. The molecule has 4 heteroatoms. The second-order valence-electron chi connectivity index (χ2n) is 16.0. The van der Waals surface area contributed by atoms with Gasteiger partial charge in [0, 0.05) is 53.1 Å². The first-order valence-electron chi connectivity index (χ1n) is 21.1. The summed E-state index contributed by atoms with van der Waals surface area (Å²) in [5.41, 5.74) is 9.36. The Labute approximate surface area is 366 Å². The van der Waals surface area contributed by atoms with E-state index in [2.05, 4.69) is 228 Å². The molecule has 0 bridgehead atoms. The molecule has 290 valence electrons. The topological polar surface area (TPSA) is 6.48 Å². The van der Waals surface area contributed by atoms with E-state index in [1.54, 1.807) is 0 Å². The molecule has 0 aliphatic carbocycles. The van der Waals surface area contributed by atoms with E-state index in [4.69, 9.17) is 0 Å². The molecule has 0 saturated heterocycles. The molecule has 0 spiro atoms. The van der Waals surface area contributed by atoms with Gasteiger partial charge in [-0.3, -0.25) is 0 Å². The Morgan fingerprint density at radius 1 is 0.258 bits per heavy atom. The molecule has 0 N–H and O–H groups in total. The number of fused-ring (bicyclic) bond motifs is 6. The van der Waals surface area contributed by atoms with Crippen LogP contribution in [0.1, 0.15) is 0 Å². The van der Waals surface area contributed by atoms with Gasteiger partial charge >= 0.3 is 0 Å². The molecule has 0 fully saturated rings. The average molecular weight is 825 g/mol. The third-order valence-corrected chi connectivity index (χ3v) is 15.0. The third kappa shape index (κ3) is 5.41. The highest BCUT2D eigenvalue weighted by molar-refractivity contribution is 7.26. The van der Waals surface area contributed by atoms with Gasteiger partial charge in [0.05, 0.1) is 32.1 Å². The van der Waals surface area contributed by atoms with Gasteiger partial charge in [0.1, 0.15) is 0 Å². The number of para-hydroxylation sites is 1. The van der Waals surface area contributed by atoms with Gasteiger partial charge in [-0.15, -0.1) is 22.7 Å². The summed E-state index contributed by atoms with van der Waals surface area (Å²) < 4.78 is 5.17. The number of thiophene rings is 2. The second kappa shape index (κ2) is 14.0. The van der Waals surface area contributed by atoms with E-state index in [-0.39, 0.29) is 0 Å². The van der Waals surface area contributed by atoms with E-state index in [1.807, 2.05) is 22.7 Å². The Morgan fingerprint density at radius 3 is 1.21 bits per heavy atom. The molecular weight excluding hydrogens is 789 g/mol. The van der Waals surface area contributed by atoms with Gasteiger partial charge in [0.25, 0.3) is 0 Å². The molecule has 2 aromatic heterocycles. The van der Waals surface area contributed by atoms with E-state index >= 15 is 0 Å². The number of anilines is 6. The zero-order valence-corrected chi connectivity index (χ0v) is 35.1. The molecule has 0 atom stereocenters. The van der Waals surface area contributed by atoms with Crippen molar-refractivity contribution >= 4 is 129 Å². The largest absolute Gasteiger partial charge is 0.308 e. The third-order valence-electron chi connectivity index (χ3n) is 12.6. The first-order valence-corrected chi connectivity index (χ1v) is 22.7. The summed E-state index contributed by atoms with van der Waals surface area (Å²) in [5.74, 6) is 0. The minimum absolute atomic E-state index is 1.12. The van der Waals surface area contributed by atoms with Crippen molar-refractivity contribution in [3.8, 4) is 11.1 Å². The van der Waals surface area contributed by atoms with E-state index in [0.29, 0.717) is 0 Å². The number of hydrogen-bond donors (Lipinski definition) is 0. The summed E-state index contributed by atoms with van der Waals surface area (Å²) in [6.45, 7) is 0. The van der Waals surface area contributed by atoms with Crippen molar-refractivity contribution in [1.29, 1.82) is 0 Å². The monoisotopic (exact) mass is 824 g/mol. The van der Waals surface area contributed by atoms with Gasteiger partial charge in [0.2, 0.25) is 0 Å². The highest BCUT2D eigenvalue weighted by Crippen LogP contribution is 2.51. The molecule has 11 aromatic carbocycles. The zero-order chi connectivity index (χ0) is 40.7. The molecular formula is C58H36N2S2. The number of rotatable bonds is 7. The van der Waals surface area contributed by atoms with Crippen LogP contribution in [0.3, 0.4) is 0 Å². The van der Waals surface area contributed by atoms with Crippen LogP contribution in [-0.2, 0) is 0 Å². The van der Waals surface area contributed by atoms with E-state index in [9.17, 15) is 0 Å². The fourth-order valence-corrected chi connectivity index (χ4v) is 12.2. The van der Waals surface area contributed by atoms with Crippen LogP contribution in [0.4, 0.5) is 34.1 Å². The minimum Gasteiger partial charge on any atom is -0.308 e. The lowest BCUT2D eigenvalue weighted by Crippen LogP contribution is -2.11. The van der Waals surface area contributed by atoms with Crippen LogP contribution in [0, 0.1) is 0 Å². The maximum absolute atomic E-state index is 2.50. The fourth-order valence-electron chi connectivity index (χ4n) is 9.80. The summed E-state index contributed by atoms with van der Waals surface area (Å²) in [6, 6.07) is 80.4. The van der Waals surface area contributed by atoms with Crippen LogP contribution in [0.5, 0.6) is 0 Å². The summed E-state index contributed by atoms with van der Waals surface area (Å²) >= 11 is 3.75. The van der Waals surface area contributed by atoms with Crippen molar-refractivity contribution in [2.24, 2.45) is 0 Å². The van der Waals surface area contributed by atoms with E-state index < -0.39 is 0 Å². The van der Waals surface area contributed by atoms with Crippen molar-refractivity contribution < 1.29 is 0 Å². The first kappa shape index (κ1) is 35.3. The van der Waals surface area contributed by atoms with E-state index in [1.165, 1.54) is 95.2 Å². The standard InChI is InChI=1S/C58H36N2S2/c1-3-13-37(14-4-1)38-25-31-42(32-26-38)60(52-22-12-20-46-44-18-8-10-24-54(44)62-58(46)52)50-36-30-40-27-33-47-49(35-29-39-28-34-48(50)56(40)55(39)47)59(41-15-5-2-6-16-41)51-21-11-19-45-43-17-7-9-23-53(43)61-57(45)51/h1-36H. The van der Waals surface area contributed by atoms with Crippen molar-refractivity contribution in [3.05, 3.63) is 218 Å². The average Bonchev–Trinajstić information content (AvgIpc) is 3.92. The molecule has 2 heterocycles. The molecule has 13 rings (SSSR count). The lowest BCUT2D eigenvalue weighted by molar-refractivity contribution is 1.32. The Bertz CT molecular complexity index is 3810. The van der Waals surface area contributed by atoms with Crippen molar-refractivity contribution in [2.75, 3.05) is 9.80 Å². The van der Waals surface area contributed by atoms with Crippen LogP contribution in [0.15, 0.2) is 218 Å². The molecule has 0 unspecified atom stereocenters. The van der Waals surface area contributed by atoms with Crippen LogP contribution < -0.4 is 9.80 Å². The van der Waals surface area contributed by atoms with Crippen LogP contribution >= 0.6 is 22.7 Å². The molecule has 2 nitrogen and oxygen atoms in total. The predicted octanol–water partition coefficient (Wildman–Crippen LogP) is 17.9. The maximum atomic E-state index is 2.50. The van der Waals surface area contributed by atoms with Gasteiger partial charge in [-0.05, 0) is 93.3 Å². The molecule has 0 radical (unpaired) electrons. The maximum Gasteiger partial charge on any atom is 0.0640 e. The van der Waals surface area contributed by atoms with Gasteiger partial charge < -0.3 is 9.80 Å². The summed E-state index contributed by atoms with van der Waals surface area (Å²) in [6.07, 6.45) is 0. The summed E-state index contributed by atoms with van der Waals surface area (Å²) in [4.78, 5) is 4.98. The van der Waals surface area contributed by atoms with Crippen molar-refractivity contribution in [3.63, 3.8) is 0 Å². The lowest BCUT2D eigenvalue weighted by Gasteiger charge is -2.30. The number of hydrogen-bond acceptors (Lipinski definition) is 4. The zero-order valence-electron chi connectivity index (χ0n) is 33.5. The molecule has 13 aromatic rings. The smallest absolute Gasteiger partial charge is 0.0640 e. The highest BCUT2D eigenvalue weighted by atomic mass is 32.1. The SMILES string of the molecule is c1ccc(-c2ccc(N(c3ccc4ccc5c(N(c6ccccc6)c6cccc7c6sc6ccccc67)ccc6ccc3c4c65)c3cccc4c3sc3ccccc34)cc2)cc1. The van der Waals surface area contributed by atoms with Crippen LogP contribution in [0.25, 0.3) is 83.8 Å². The molecule has 62 heavy (non-hydrogen) atoms. The molecule has 0 amide bonds. The Balaban J connectivity index is 1.06. The molecule has 0 aliphatic rings. The Hall–Kier alpha value is -7.50. The second-order valence-corrected chi connectivity index (χ2v) is 18.1. The Kier molecular flexibility index (Phi) is 7.99. The van der Waals surface area contributed by atoms with Crippen molar-refractivity contribution in [2.45, 2.75) is 0 Å². The van der Waals surface area contributed by atoms with Crippen molar-refractivity contribution in [1.82, 2.24) is 0 Å². The summed E-state index contributed by atoms with van der Waals surface area (Å²) in [7, 11) is 0. The van der Waals surface area contributed by atoms with Gasteiger partial charge in [-0.25, -0.2) is 0 Å². The van der Waals surface area contributed by atoms with Gasteiger partial charge in [-0.1, -0.05) is 158 Å². The van der Waals surface area contributed by atoms with Crippen LogP contribution in [-0.4, -0.2) is 0 Å². The molecule has 0 aliphatic heterocycles. The van der Waals surface area contributed by atoms with Gasteiger partial charge in [-0.2, -0.15) is 0 Å². The quantitative estimate of drug-likeness (QED) is 0.148. The normalized spacial score (nSPS) is 11.9. The predicted molar refractivity (Wildman–Crippen MR) is 271 cm³/mol.